The van der Waals surface area contributed by atoms with E-state index in [-0.39, 0.29) is 11.7 Å². The van der Waals surface area contributed by atoms with Gasteiger partial charge in [0.1, 0.15) is 11.5 Å². The van der Waals surface area contributed by atoms with Gasteiger partial charge in [-0.3, -0.25) is 9.36 Å². The molecule has 1 N–H and O–H groups in total. The second-order valence-corrected chi connectivity index (χ2v) is 8.71. The predicted molar refractivity (Wildman–Crippen MR) is 144 cm³/mol. The number of carbonyl (C=O) groups excluding carboxylic acids is 2. The lowest BCUT2D eigenvalue weighted by molar-refractivity contribution is -0.118. The summed E-state index contributed by atoms with van der Waals surface area (Å²) in [6, 6.07) is 21.6. The highest BCUT2D eigenvalue weighted by molar-refractivity contribution is 7.99. The van der Waals surface area contributed by atoms with E-state index in [1.165, 1.54) is 25.1 Å². The van der Waals surface area contributed by atoms with Gasteiger partial charge < -0.3 is 14.2 Å². The van der Waals surface area contributed by atoms with Crippen LogP contribution in [0.3, 0.4) is 0 Å². The molecule has 1 amide bonds. The van der Waals surface area contributed by atoms with E-state index in [4.69, 9.17) is 9.47 Å². The fourth-order valence-corrected chi connectivity index (χ4v) is 4.16. The van der Waals surface area contributed by atoms with Crippen LogP contribution in [0.1, 0.15) is 15.9 Å². The molecule has 0 bridgehead atoms. The van der Waals surface area contributed by atoms with Gasteiger partial charge in [-0.05, 0) is 66.2 Å². The zero-order valence-electron chi connectivity index (χ0n) is 21.0. The molecule has 1 aromatic heterocycles. The molecule has 0 fully saturated rings. The van der Waals surface area contributed by atoms with Crippen molar-refractivity contribution >= 4 is 29.9 Å². The Morgan fingerprint density at radius 3 is 2.13 bits per heavy atom. The summed E-state index contributed by atoms with van der Waals surface area (Å²) in [5.74, 6) is 1.41. The van der Waals surface area contributed by atoms with Crippen molar-refractivity contribution in [1.29, 1.82) is 0 Å². The Labute approximate surface area is 223 Å². The summed E-state index contributed by atoms with van der Waals surface area (Å²) in [7, 11) is 4.54. The van der Waals surface area contributed by atoms with Crippen LogP contribution in [0.15, 0.2) is 83.1 Å². The highest BCUT2D eigenvalue weighted by Crippen LogP contribution is 2.29. The molecular weight excluding hydrogens is 506 g/mol. The van der Waals surface area contributed by atoms with Crippen LogP contribution in [0.25, 0.3) is 17.1 Å². The Morgan fingerprint density at radius 1 is 0.895 bits per heavy atom. The first kappa shape index (κ1) is 26.4. The average molecular weight is 532 g/mol. The minimum absolute atomic E-state index is 0.0650. The SMILES string of the molecule is COC(=O)c1ccc(/C=N\NC(=O)CSc2nnc(-c3ccc(OC)cc3)n2-c2ccc(OC)cc2)cc1. The summed E-state index contributed by atoms with van der Waals surface area (Å²) in [4.78, 5) is 24.0. The van der Waals surface area contributed by atoms with Gasteiger partial charge in [-0.25, -0.2) is 10.2 Å². The van der Waals surface area contributed by atoms with Crippen molar-refractivity contribution in [2.45, 2.75) is 5.16 Å². The lowest BCUT2D eigenvalue weighted by Gasteiger charge is -2.11. The number of aromatic nitrogens is 3. The van der Waals surface area contributed by atoms with Gasteiger partial charge >= 0.3 is 5.97 Å². The standard InChI is InChI=1S/C27H25N5O5S/c1-35-22-12-8-19(9-13-22)25-30-31-27(32(25)21-10-14-23(36-2)15-11-21)38-17-24(33)29-28-16-18-4-6-20(7-5-18)26(34)37-3/h4-16H,17H2,1-3H3,(H,29,33)/b28-16-. The number of carbonyl (C=O) groups is 2. The summed E-state index contributed by atoms with van der Waals surface area (Å²) < 4.78 is 17.1. The highest BCUT2D eigenvalue weighted by atomic mass is 32.2. The Kier molecular flexibility index (Phi) is 8.73. The van der Waals surface area contributed by atoms with Gasteiger partial charge in [0.05, 0.1) is 38.9 Å². The number of esters is 1. The van der Waals surface area contributed by atoms with Crippen LogP contribution in [0, 0.1) is 0 Å². The topological polar surface area (TPSA) is 117 Å². The predicted octanol–water partition coefficient (Wildman–Crippen LogP) is 3.98. The Bertz CT molecular complexity index is 1420. The maximum atomic E-state index is 12.5. The van der Waals surface area contributed by atoms with Crippen LogP contribution < -0.4 is 14.9 Å². The van der Waals surface area contributed by atoms with Crippen LogP contribution in [-0.2, 0) is 9.53 Å². The van der Waals surface area contributed by atoms with E-state index in [9.17, 15) is 9.59 Å². The van der Waals surface area contributed by atoms with Gasteiger partial charge in [0, 0.05) is 11.3 Å². The van der Waals surface area contributed by atoms with Crippen LogP contribution >= 0.6 is 11.8 Å². The maximum absolute atomic E-state index is 12.5. The molecule has 10 nitrogen and oxygen atoms in total. The largest absolute Gasteiger partial charge is 0.497 e. The van der Waals surface area contributed by atoms with Crippen LogP contribution in [0.4, 0.5) is 0 Å². The van der Waals surface area contributed by atoms with Crippen LogP contribution in [0.5, 0.6) is 11.5 Å². The van der Waals surface area contributed by atoms with Crippen molar-refractivity contribution in [3.63, 3.8) is 0 Å². The number of amides is 1. The number of hydrazone groups is 1. The number of thioether (sulfide) groups is 1. The Balaban J connectivity index is 1.47. The summed E-state index contributed by atoms with van der Waals surface area (Å²) in [5, 5.41) is 13.3. The third-order valence-electron chi connectivity index (χ3n) is 5.38. The molecule has 0 radical (unpaired) electrons. The Morgan fingerprint density at radius 2 is 1.53 bits per heavy atom. The molecule has 0 spiro atoms. The molecule has 0 saturated carbocycles. The van der Waals surface area contributed by atoms with Gasteiger partial charge in [0.15, 0.2) is 11.0 Å². The molecule has 11 heteroatoms. The Hall–Kier alpha value is -4.64. The van der Waals surface area contributed by atoms with Gasteiger partial charge in [-0.1, -0.05) is 23.9 Å². The quantitative estimate of drug-likeness (QED) is 0.141. The molecule has 0 aliphatic heterocycles. The number of methoxy groups -OCH3 is 3. The molecule has 194 valence electrons. The molecule has 0 saturated heterocycles. The fourth-order valence-electron chi connectivity index (χ4n) is 3.42. The first-order valence-corrected chi connectivity index (χ1v) is 12.4. The minimum Gasteiger partial charge on any atom is -0.497 e. The zero-order valence-corrected chi connectivity index (χ0v) is 21.8. The molecule has 1 heterocycles. The third kappa shape index (κ3) is 6.37. The molecule has 3 aromatic carbocycles. The van der Waals surface area contributed by atoms with Crippen molar-refractivity contribution in [3.05, 3.63) is 83.9 Å². The van der Waals surface area contributed by atoms with Crippen molar-refractivity contribution < 1.29 is 23.8 Å². The summed E-state index contributed by atoms with van der Waals surface area (Å²) in [6.07, 6.45) is 1.49. The smallest absolute Gasteiger partial charge is 0.337 e. The zero-order chi connectivity index (χ0) is 26.9. The van der Waals surface area contributed by atoms with E-state index in [1.54, 1.807) is 38.5 Å². The van der Waals surface area contributed by atoms with E-state index in [0.717, 1.165) is 22.7 Å². The van der Waals surface area contributed by atoms with E-state index in [1.807, 2.05) is 53.1 Å². The van der Waals surface area contributed by atoms with Crippen molar-refractivity contribution in [1.82, 2.24) is 20.2 Å². The second kappa shape index (κ2) is 12.5. The summed E-state index contributed by atoms with van der Waals surface area (Å²) in [5.41, 5.74) is 5.31. The molecule has 0 atom stereocenters. The average Bonchev–Trinajstić information content (AvgIpc) is 3.40. The third-order valence-corrected chi connectivity index (χ3v) is 6.31. The highest BCUT2D eigenvalue weighted by Gasteiger charge is 2.17. The van der Waals surface area contributed by atoms with Crippen LogP contribution in [0.2, 0.25) is 0 Å². The van der Waals surface area contributed by atoms with Crippen molar-refractivity contribution in [3.8, 4) is 28.6 Å². The molecule has 4 rings (SSSR count). The molecule has 4 aromatic rings. The van der Waals surface area contributed by atoms with Crippen LogP contribution in [-0.4, -0.2) is 59.9 Å². The minimum atomic E-state index is -0.420. The van der Waals surface area contributed by atoms with Gasteiger partial charge in [-0.15, -0.1) is 10.2 Å². The first-order valence-electron chi connectivity index (χ1n) is 11.4. The summed E-state index contributed by atoms with van der Waals surface area (Å²) in [6.45, 7) is 0. The van der Waals surface area contributed by atoms with Crippen molar-refractivity contribution in [2.24, 2.45) is 5.10 Å². The van der Waals surface area contributed by atoms with E-state index in [0.29, 0.717) is 22.1 Å². The molecule has 0 aliphatic carbocycles. The van der Waals surface area contributed by atoms with E-state index in [2.05, 4.69) is 25.5 Å². The number of ether oxygens (including phenoxy) is 3. The van der Waals surface area contributed by atoms with E-state index >= 15 is 0 Å². The van der Waals surface area contributed by atoms with Crippen molar-refractivity contribution in [2.75, 3.05) is 27.1 Å². The van der Waals surface area contributed by atoms with Gasteiger partial charge in [-0.2, -0.15) is 5.10 Å². The van der Waals surface area contributed by atoms with Gasteiger partial charge in [0.2, 0.25) is 0 Å². The maximum Gasteiger partial charge on any atom is 0.337 e. The number of hydrogen-bond acceptors (Lipinski definition) is 9. The normalized spacial score (nSPS) is 10.8. The molecule has 38 heavy (non-hydrogen) atoms. The molecule has 0 aliphatic rings. The fraction of sp³-hybridized carbons (Fsp3) is 0.148. The monoisotopic (exact) mass is 531 g/mol. The number of hydrogen-bond donors (Lipinski definition) is 1. The number of nitrogens with one attached hydrogen (secondary N) is 1. The molecular formula is C27H25N5O5S. The summed E-state index contributed by atoms with van der Waals surface area (Å²) >= 11 is 1.23. The second-order valence-electron chi connectivity index (χ2n) is 7.76. The molecule has 0 unspecified atom stereocenters. The lowest BCUT2D eigenvalue weighted by atomic mass is 10.1. The first-order chi connectivity index (χ1) is 18.5. The van der Waals surface area contributed by atoms with Gasteiger partial charge in [0.25, 0.3) is 5.91 Å². The number of nitrogens with zero attached hydrogens (tertiary/aromatic N) is 4. The lowest BCUT2D eigenvalue weighted by Crippen LogP contribution is -2.20. The number of rotatable bonds is 10. The van der Waals surface area contributed by atoms with E-state index < -0.39 is 5.97 Å². The number of benzene rings is 3.